The largest absolute Gasteiger partial charge is 0.481 e. The fraction of sp³-hybridized carbons (Fsp3) is 0.333. The maximum Gasteiger partial charge on any atom is 0.354 e. The maximum atomic E-state index is 12.5. The first kappa shape index (κ1) is 11.4. The first-order valence-electron chi connectivity index (χ1n) is 4.04. The molecule has 1 N–H and O–H groups in total. The summed E-state index contributed by atoms with van der Waals surface area (Å²) in [4.78, 5) is 14.2. The highest BCUT2D eigenvalue weighted by atomic mass is 19.3. The smallest absolute Gasteiger partial charge is 0.354 e. The zero-order valence-electron chi connectivity index (χ0n) is 8.12. The summed E-state index contributed by atoms with van der Waals surface area (Å²) >= 11 is 0. The van der Waals surface area contributed by atoms with Gasteiger partial charge in [-0.25, -0.2) is 18.6 Å². The molecule has 15 heavy (non-hydrogen) atoms. The van der Waals surface area contributed by atoms with Gasteiger partial charge in [-0.1, -0.05) is 0 Å². The molecule has 0 aliphatic carbocycles. The number of hydrogen-bond acceptors (Lipinski definition) is 3. The predicted molar refractivity (Wildman–Crippen MR) is 47.4 cm³/mol. The second kappa shape index (κ2) is 4.20. The predicted octanol–water partition coefficient (Wildman–Crippen LogP) is 2.03. The van der Waals surface area contributed by atoms with Crippen molar-refractivity contribution < 1.29 is 23.4 Å². The van der Waals surface area contributed by atoms with Crippen LogP contribution in [0.3, 0.4) is 0 Å². The molecule has 0 atom stereocenters. The highest BCUT2D eigenvalue weighted by Gasteiger charge is 2.19. The van der Waals surface area contributed by atoms with Crippen LogP contribution in [0.4, 0.5) is 8.78 Å². The molecule has 0 aliphatic rings. The summed E-state index contributed by atoms with van der Waals surface area (Å²) in [6.45, 7) is 1.40. The SMILES string of the molecule is COc1nc(C(=O)O)cc(C(F)F)c1C. The van der Waals surface area contributed by atoms with Gasteiger partial charge in [0.15, 0.2) is 5.69 Å². The van der Waals surface area contributed by atoms with Crippen LogP contribution in [0.2, 0.25) is 0 Å². The molecule has 1 aromatic rings. The van der Waals surface area contributed by atoms with Crippen LogP contribution in [-0.2, 0) is 0 Å². The number of aromatic nitrogens is 1. The van der Waals surface area contributed by atoms with Gasteiger partial charge in [-0.2, -0.15) is 0 Å². The Hall–Kier alpha value is -1.72. The molecule has 0 aliphatic heterocycles. The zero-order chi connectivity index (χ0) is 11.6. The average Bonchev–Trinajstić information content (AvgIpc) is 2.17. The minimum absolute atomic E-state index is 0.0924. The molecule has 0 aromatic carbocycles. The van der Waals surface area contributed by atoms with E-state index in [1.165, 1.54) is 14.0 Å². The third-order valence-electron chi connectivity index (χ3n) is 1.92. The van der Waals surface area contributed by atoms with Gasteiger partial charge in [0.05, 0.1) is 7.11 Å². The number of carbonyl (C=O) groups is 1. The summed E-state index contributed by atoms with van der Waals surface area (Å²) in [6, 6.07) is 0.852. The van der Waals surface area contributed by atoms with Gasteiger partial charge in [0.2, 0.25) is 5.88 Å². The Morgan fingerprint density at radius 1 is 1.60 bits per heavy atom. The van der Waals surface area contributed by atoms with Crippen molar-refractivity contribution in [3.8, 4) is 5.88 Å². The van der Waals surface area contributed by atoms with Crippen LogP contribution >= 0.6 is 0 Å². The summed E-state index contributed by atoms with van der Waals surface area (Å²) in [7, 11) is 1.25. The van der Waals surface area contributed by atoms with Crippen LogP contribution in [-0.4, -0.2) is 23.2 Å². The lowest BCUT2D eigenvalue weighted by atomic mass is 10.1. The second-order valence-corrected chi connectivity index (χ2v) is 2.84. The van der Waals surface area contributed by atoms with Crippen molar-refractivity contribution >= 4 is 5.97 Å². The Kier molecular flexibility index (Phi) is 3.18. The summed E-state index contributed by atoms with van der Waals surface area (Å²) in [5.74, 6) is -1.46. The minimum atomic E-state index is -2.75. The van der Waals surface area contributed by atoms with Crippen molar-refractivity contribution in [1.29, 1.82) is 0 Å². The molecule has 0 unspecified atom stereocenters. The molecular weight excluding hydrogens is 208 g/mol. The minimum Gasteiger partial charge on any atom is -0.481 e. The molecule has 82 valence electrons. The number of nitrogens with zero attached hydrogens (tertiary/aromatic N) is 1. The van der Waals surface area contributed by atoms with E-state index in [9.17, 15) is 13.6 Å². The highest BCUT2D eigenvalue weighted by molar-refractivity contribution is 5.85. The van der Waals surface area contributed by atoms with Crippen molar-refractivity contribution in [1.82, 2.24) is 4.98 Å². The van der Waals surface area contributed by atoms with Gasteiger partial charge >= 0.3 is 5.97 Å². The number of rotatable bonds is 3. The number of hydrogen-bond donors (Lipinski definition) is 1. The van der Waals surface area contributed by atoms with Crippen molar-refractivity contribution in [2.75, 3.05) is 7.11 Å². The van der Waals surface area contributed by atoms with Gasteiger partial charge < -0.3 is 9.84 Å². The average molecular weight is 217 g/mol. The highest BCUT2D eigenvalue weighted by Crippen LogP contribution is 2.28. The number of alkyl halides is 2. The number of methoxy groups -OCH3 is 1. The molecule has 1 aromatic heterocycles. The van der Waals surface area contributed by atoms with E-state index in [1.54, 1.807) is 0 Å². The molecule has 6 heteroatoms. The molecule has 4 nitrogen and oxygen atoms in total. The number of carboxylic acids is 1. The number of ether oxygens (including phenoxy) is 1. The van der Waals surface area contributed by atoms with Crippen molar-refractivity contribution in [3.05, 3.63) is 22.9 Å². The fourth-order valence-electron chi connectivity index (χ4n) is 1.14. The van der Waals surface area contributed by atoms with Gasteiger partial charge in [0.1, 0.15) is 0 Å². The normalized spacial score (nSPS) is 10.5. The van der Waals surface area contributed by atoms with Gasteiger partial charge in [0, 0.05) is 11.1 Å². The summed E-state index contributed by atoms with van der Waals surface area (Å²) < 4.78 is 29.7. The number of aromatic carboxylic acids is 1. The van der Waals surface area contributed by atoms with Crippen LogP contribution in [0, 0.1) is 6.92 Å². The number of carboxylic acid groups (broad SMARTS) is 1. The molecule has 0 amide bonds. The van der Waals surface area contributed by atoms with Crippen LogP contribution in [0.25, 0.3) is 0 Å². The van der Waals surface area contributed by atoms with E-state index >= 15 is 0 Å². The number of halogens is 2. The first-order valence-corrected chi connectivity index (χ1v) is 4.04. The Bertz CT molecular complexity index is 393. The van der Waals surface area contributed by atoms with Gasteiger partial charge in [-0.15, -0.1) is 0 Å². The van der Waals surface area contributed by atoms with Crippen molar-refractivity contribution in [2.45, 2.75) is 13.3 Å². The third-order valence-corrected chi connectivity index (χ3v) is 1.92. The van der Waals surface area contributed by atoms with Crippen LogP contribution < -0.4 is 4.74 Å². The van der Waals surface area contributed by atoms with Crippen LogP contribution in [0.5, 0.6) is 5.88 Å². The molecular formula is C9H9F2NO3. The van der Waals surface area contributed by atoms with E-state index in [1.807, 2.05) is 0 Å². The molecule has 0 fully saturated rings. The molecule has 1 rings (SSSR count). The van der Waals surface area contributed by atoms with Crippen LogP contribution in [0.1, 0.15) is 28.0 Å². The Morgan fingerprint density at radius 2 is 2.20 bits per heavy atom. The van der Waals surface area contributed by atoms with Gasteiger partial charge in [-0.3, -0.25) is 0 Å². The van der Waals surface area contributed by atoms with Gasteiger partial charge in [0.25, 0.3) is 6.43 Å². The molecule has 0 saturated heterocycles. The van der Waals surface area contributed by atoms with E-state index < -0.39 is 18.1 Å². The van der Waals surface area contributed by atoms with E-state index in [4.69, 9.17) is 9.84 Å². The molecule has 0 spiro atoms. The van der Waals surface area contributed by atoms with Crippen molar-refractivity contribution in [2.24, 2.45) is 0 Å². The first-order chi connectivity index (χ1) is 6.97. The quantitative estimate of drug-likeness (QED) is 0.841. The van der Waals surface area contributed by atoms with Crippen molar-refractivity contribution in [3.63, 3.8) is 0 Å². The lowest BCUT2D eigenvalue weighted by Crippen LogP contribution is -2.06. The van der Waals surface area contributed by atoms with E-state index in [0.717, 1.165) is 6.07 Å². The topological polar surface area (TPSA) is 59.4 Å². The Labute approximate surface area is 84.5 Å². The van der Waals surface area contributed by atoms with E-state index in [0.29, 0.717) is 0 Å². The number of pyridine rings is 1. The fourth-order valence-corrected chi connectivity index (χ4v) is 1.14. The second-order valence-electron chi connectivity index (χ2n) is 2.84. The molecule has 1 heterocycles. The standard InChI is InChI=1S/C9H9F2NO3/c1-4-5(7(10)11)3-6(9(13)14)12-8(4)15-2/h3,7H,1-2H3,(H,13,14). The third kappa shape index (κ3) is 2.20. The Balaban J connectivity index is 3.38. The Morgan fingerprint density at radius 3 is 2.60 bits per heavy atom. The lowest BCUT2D eigenvalue weighted by molar-refractivity contribution is 0.0688. The zero-order valence-corrected chi connectivity index (χ0v) is 8.12. The van der Waals surface area contributed by atoms with Gasteiger partial charge in [-0.05, 0) is 13.0 Å². The maximum absolute atomic E-state index is 12.5. The lowest BCUT2D eigenvalue weighted by Gasteiger charge is -2.09. The molecule has 0 saturated carbocycles. The monoisotopic (exact) mass is 217 g/mol. The molecule has 0 bridgehead atoms. The summed E-state index contributed by atoms with van der Waals surface area (Å²) in [5.41, 5.74) is -0.676. The van der Waals surface area contributed by atoms with E-state index in [-0.39, 0.29) is 17.0 Å². The van der Waals surface area contributed by atoms with E-state index in [2.05, 4.69) is 4.98 Å². The summed E-state index contributed by atoms with van der Waals surface area (Å²) in [5, 5.41) is 8.64. The molecule has 0 radical (unpaired) electrons. The summed E-state index contributed by atoms with van der Waals surface area (Å²) in [6.07, 6.45) is -2.75. The van der Waals surface area contributed by atoms with Crippen LogP contribution in [0.15, 0.2) is 6.07 Å².